The van der Waals surface area contributed by atoms with Crippen molar-refractivity contribution in [1.82, 2.24) is 4.98 Å². The first kappa shape index (κ1) is 26.1. The van der Waals surface area contributed by atoms with Crippen molar-refractivity contribution in [2.75, 3.05) is 7.11 Å². The lowest BCUT2D eigenvalue weighted by atomic mass is 9.72. The zero-order chi connectivity index (χ0) is 27.7. The van der Waals surface area contributed by atoms with Crippen LogP contribution in [0.25, 0.3) is 27.6 Å². The third-order valence-electron chi connectivity index (χ3n) is 6.89. The summed E-state index contributed by atoms with van der Waals surface area (Å²) in [6.07, 6.45) is 2.54. The Balaban J connectivity index is 1.65. The van der Waals surface area contributed by atoms with E-state index in [9.17, 15) is 14.4 Å². The van der Waals surface area contributed by atoms with Crippen LogP contribution in [-0.2, 0) is 26.2 Å². The van der Waals surface area contributed by atoms with Crippen molar-refractivity contribution < 1.29 is 23.8 Å². The molecular formula is C31H23ClFNO5. The summed E-state index contributed by atoms with van der Waals surface area (Å²) in [5.74, 6) is -1.81. The van der Waals surface area contributed by atoms with Gasteiger partial charge in [-0.15, -0.1) is 0 Å². The molecule has 39 heavy (non-hydrogen) atoms. The lowest BCUT2D eigenvalue weighted by molar-refractivity contribution is -0.147. The van der Waals surface area contributed by atoms with Crippen molar-refractivity contribution in [3.05, 3.63) is 123 Å². The van der Waals surface area contributed by atoms with Crippen LogP contribution in [0.5, 0.6) is 0 Å². The van der Waals surface area contributed by atoms with E-state index in [0.717, 1.165) is 5.56 Å². The molecule has 1 aromatic heterocycles. The quantitative estimate of drug-likeness (QED) is 0.296. The Bertz CT molecular complexity index is 1730. The Morgan fingerprint density at radius 2 is 1.79 bits per heavy atom. The standard InChI is InChI=1S/C31H23ClFNO5/c1-39-30(38)31(11-10-20(16-27(31)33)19-7-3-2-4-8-19)24-15-22-14-23(29(37)34-26(22)17-25(24)32)21-9-5-6-18(12-21)13-28(35)36/h2-12,14-17,27H,13H2,1H3,(H,34,37)(H,35,36). The van der Waals surface area contributed by atoms with Crippen LogP contribution >= 0.6 is 11.6 Å². The summed E-state index contributed by atoms with van der Waals surface area (Å²) in [4.78, 5) is 40.1. The van der Waals surface area contributed by atoms with Gasteiger partial charge in [0.25, 0.3) is 5.56 Å². The predicted octanol–water partition coefficient (Wildman–Crippen LogP) is 5.88. The number of esters is 1. The number of aliphatic carboxylic acids is 1. The van der Waals surface area contributed by atoms with Crippen LogP contribution in [0, 0.1) is 0 Å². The number of rotatable bonds is 6. The molecule has 0 aliphatic heterocycles. The van der Waals surface area contributed by atoms with Gasteiger partial charge in [-0.3, -0.25) is 14.4 Å². The minimum Gasteiger partial charge on any atom is -0.481 e. The molecule has 6 nitrogen and oxygen atoms in total. The first-order valence-electron chi connectivity index (χ1n) is 12.1. The fourth-order valence-corrected chi connectivity index (χ4v) is 5.28. The topological polar surface area (TPSA) is 96.5 Å². The molecule has 4 aromatic rings. The van der Waals surface area contributed by atoms with Gasteiger partial charge in [0.1, 0.15) is 11.6 Å². The summed E-state index contributed by atoms with van der Waals surface area (Å²) in [5, 5.41) is 9.73. The van der Waals surface area contributed by atoms with Gasteiger partial charge in [-0.2, -0.15) is 0 Å². The van der Waals surface area contributed by atoms with Crippen molar-refractivity contribution in [3.63, 3.8) is 0 Å². The van der Waals surface area contributed by atoms with Crippen LogP contribution in [0.4, 0.5) is 4.39 Å². The molecule has 1 aliphatic carbocycles. The molecule has 0 amide bonds. The molecule has 0 spiro atoms. The maximum Gasteiger partial charge on any atom is 0.323 e. The molecule has 5 rings (SSSR count). The number of methoxy groups -OCH3 is 1. The van der Waals surface area contributed by atoms with Crippen LogP contribution in [0.2, 0.25) is 5.02 Å². The van der Waals surface area contributed by atoms with Crippen LogP contribution in [0.15, 0.2) is 95.8 Å². The average Bonchev–Trinajstić information content (AvgIpc) is 2.92. The van der Waals surface area contributed by atoms with E-state index in [1.54, 1.807) is 42.5 Å². The third-order valence-corrected chi connectivity index (χ3v) is 7.20. The Kier molecular flexibility index (Phi) is 6.93. The van der Waals surface area contributed by atoms with Crippen molar-refractivity contribution in [2.45, 2.75) is 18.0 Å². The lowest BCUT2D eigenvalue weighted by Gasteiger charge is -2.34. The number of fused-ring (bicyclic) bond motifs is 1. The minimum atomic E-state index is -1.85. The van der Waals surface area contributed by atoms with E-state index in [-0.39, 0.29) is 22.6 Å². The number of carbonyl (C=O) groups excluding carboxylic acids is 1. The number of hydrogen-bond donors (Lipinski definition) is 2. The number of pyridine rings is 1. The first-order valence-corrected chi connectivity index (χ1v) is 12.5. The molecule has 3 aromatic carbocycles. The molecule has 0 fully saturated rings. The number of carboxylic acid groups (broad SMARTS) is 1. The largest absolute Gasteiger partial charge is 0.481 e. The van der Waals surface area contributed by atoms with Gasteiger partial charge in [0, 0.05) is 16.1 Å². The number of ether oxygens (including phenoxy) is 1. The molecule has 0 bridgehead atoms. The summed E-state index contributed by atoms with van der Waals surface area (Å²) in [5.41, 5.74) is 1.09. The number of hydrogen-bond acceptors (Lipinski definition) is 4. The molecule has 196 valence electrons. The third kappa shape index (κ3) is 4.77. The second-order valence-corrected chi connectivity index (χ2v) is 9.69. The van der Waals surface area contributed by atoms with E-state index >= 15 is 4.39 Å². The maximum absolute atomic E-state index is 16.1. The summed E-state index contributed by atoms with van der Waals surface area (Å²) in [7, 11) is 1.19. The van der Waals surface area contributed by atoms with Crippen molar-refractivity contribution in [3.8, 4) is 11.1 Å². The molecule has 1 heterocycles. The predicted molar refractivity (Wildman–Crippen MR) is 149 cm³/mol. The molecule has 2 N–H and O–H groups in total. The van der Waals surface area contributed by atoms with E-state index in [0.29, 0.717) is 27.6 Å². The molecule has 1 aliphatic rings. The molecule has 8 heteroatoms. The fourth-order valence-electron chi connectivity index (χ4n) is 4.96. The summed E-state index contributed by atoms with van der Waals surface area (Å²) < 4.78 is 21.2. The Labute approximate surface area is 228 Å². The Morgan fingerprint density at radius 3 is 2.49 bits per heavy atom. The number of allylic oxidation sites excluding steroid dienone is 3. The zero-order valence-electron chi connectivity index (χ0n) is 20.8. The number of benzene rings is 3. The molecule has 0 radical (unpaired) electrons. The number of alkyl halides is 1. The number of nitrogens with one attached hydrogen (secondary N) is 1. The molecule has 0 saturated heterocycles. The van der Waals surface area contributed by atoms with Gasteiger partial charge >= 0.3 is 11.9 Å². The Hall–Kier alpha value is -4.49. The van der Waals surface area contributed by atoms with Crippen molar-refractivity contribution in [2.24, 2.45) is 0 Å². The van der Waals surface area contributed by atoms with Crippen LogP contribution < -0.4 is 5.56 Å². The zero-order valence-corrected chi connectivity index (χ0v) is 21.5. The lowest BCUT2D eigenvalue weighted by Crippen LogP contribution is -2.44. The number of aromatic amines is 1. The van der Waals surface area contributed by atoms with Crippen molar-refractivity contribution in [1.29, 1.82) is 0 Å². The maximum atomic E-state index is 16.1. The summed E-state index contributed by atoms with van der Waals surface area (Å²) in [6.45, 7) is 0. The normalized spacial score (nSPS) is 18.5. The molecule has 2 atom stereocenters. The Morgan fingerprint density at radius 1 is 1.05 bits per heavy atom. The van der Waals surface area contributed by atoms with Gasteiger partial charge in [-0.25, -0.2) is 4.39 Å². The van der Waals surface area contributed by atoms with Gasteiger partial charge in [-0.05, 0) is 57.5 Å². The highest BCUT2D eigenvalue weighted by Gasteiger charge is 2.49. The van der Waals surface area contributed by atoms with Crippen LogP contribution in [0.1, 0.15) is 16.7 Å². The summed E-state index contributed by atoms with van der Waals surface area (Å²) in [6, 6.07) is 20.6. The highest BCUT2D eigenvalue weighted by molar-refractivity contribution is 6.32. The molecular weight excluding hydrogens is 521 g/mol. The second-order valence-electron chi connectivity index (χ2n) is 9.29. The van der Waals surface area contributed by atoms with Crippen LogP contribution in [0.3, 0.4) is 0 Å². The fraction of sp³-hybridized carbons (Fsp3) is 0.129. The number of halogens is 2. The minimum absolute atomic E-state index is 0.0867. The highest BCUT2D eigenvalue weighted by Crippen LogP contribution is 2.43. The number of aromatic nitrogens is 1. The number of carboxylic acids is 1. The molecule has 0 saturated carbocycles. The highest BCUT2D eigenvalue weighted by atomic mass is 35.5. The van der Waals surface area contributed by atoms with Gasteiger partial charge in [-0.1, -0.05) is 78.4 Å². The summed E-state index contributed by atoms with van der Waals surface area (Å²) >= 11 is 6.62. The van der Waals surface area contributed by atoms with E-state index < -0.39 is 29.1 Å². The van der Waals surface area contributed by atoms with E-state index in [1.165, 1.54) is 25.3 Å². The smallest absolute Gasteiger partial charge is 0.323 e. The molecule has 2 unspecified atom stereocenters. The SMILES string of the molecule is COC(=O)C1(c2cc3cc(-c4cccc(CC(=O)O)c4)c(=O)[nH]c3cc2Cl)C=CC(c2ccccc2)=CC1F. The van der Waals surface area contributed by atoms with E-state index in [1.807, 2.05) is 30.3 Å². The van der Waals surface area contributed by atoms with E-state index in [4.69, 9.17) is 21.4 Å². The number of carbonyl (C=O) groups is 2. The van der Waals surface area contributed by atoms with Gasteiger partial charge in [0.15, 0.2) is 0 Å². The number of H-pyrrole nitrogens is 1. The van der Waals surface area contributed by atoms with E-state index in [2.05, 4.69) is 4.98 Å². The first-order chi connectivity index (χ1) is 18.7. The van der Waals surface area contributed by atoms with Gasteiger partial charge < -0.3 is 14.8 Å². The van der Waals surface area contributed by atoms with Gasteiger partial charge in [0.2, 0.25) is 0 Å². The average molecular weight is 544 g/mol. The van der Waals surface area contributed by atoms with Gasteiger partial charge in [0.05, 0.1) is 13.5 Å². The van der Waals surface area contributed by atoms with Crippen molar-refractivity contribution >= 4 is 40.0 Å². The monoisotopic (exact) mass is 543 g/mol. The second kappa shape index (κ2) is 10.3. The van der Waals surface area contributed by atoms with Crippen LogP contribution in [-0.4, -0.2) is 35.3 Å².